The Morgan fingerprint density at radius 2 is 1.59 bits per heavy atom. The van der Waals surface area contributed by atoms with E-state index in [1.165, 1.54) is 0 Å². The summed E-state index contributed by atoms with van der Waals surface area (Å²) in [6.07, 6.45) is 1.79. The average Bonchev–Trinajstić information content (AvgIpc) is 2.68. The number of hydrogen-bond donors (Lipinski definition) is 2. The molecule has 0 radical (unpaired) electrons. The molecule has 0 aliphatic heterocycles. The first-order valence-corrected chi connectivity index (χ1v) is 8.78. The van der Waals surface area contributed by atoms with Crippen LogP contribution in [-0.2, 0) is 9.59 Å². The van der Waals surface area contributed by atoms with Gasteiger partial charge in [-0.15, -0.1) is 0 Å². The van der Waals surface area contributed by atoms with E-state index in [0.29, 0.717) is 0 Å². The summed E-state index contributed by atoms with van der Waals surface area (Å²) in [5, 5.41) is 8.95. The molecule has 0 spiro atoms. The largest absolute Gasteiger partial charge is 0.326 e. The molecule has 136 valence electrons. The van der Waals surface area contributed by atoms with Gasteiger partial charge in [-0.1, -0.05) is 60.2 Å². The van der Waals surface area contributed by atoms with Crippen molar-refractivity contribution < 1.29 is 9.59 Å². The Labute approximate surface area is 158 Å². The van der Waals surface area contributed by atoms with Gasteiger partial charge in [0.2, 0.25) is 11.8 Å². The Morgan fingerprint density at radius 1 is 0.889 bits per heavy atom. The second kappa shape index (κ2) is 8.76. The monoisotopic (exact) mass is 359 g/mol. The fourth-order valence-electron chi connectivity index (χ4n) is 2.68. The Morgan fingerprint density at radius 3 is 2.41 bits per heavy atom. The van der Waals surface area contributed by atoms with E-state index in [2.05, 4.69) is 15.8 Å². The summed E-state index contributed by atoms with van der Waals surface area (Å²) in [6.45, 7) is 1.98. The minimum Gasteiger partial charge on any atom is -0.326 e. The van der Waals surface area contributed by atoms with E-state index < -0.39 is 0 Å². The molecule has 0 aliphatic rings. The average molecular weight is 359 g/mol. The molecule has 27 heavy (non-hydrogen) atoms. The van der Waals surface area contributed by atoms with Crippen LogP contribution in [0.3, 0.4) is 0 Å². The summed E-state index contributed by atoms with van der Waals surface area (Å²) in [5.41, 5.74) is 5.24. The molecule has 0 bridgehead atoms. The molecule has 2 amide bonds. The molecule has 0 aliphatic carbocycles. The third-order valence-electron chi connectivity index (χ3n) is 4.13. The molecule has 3 rings (SSSR count). The summed E-state index contributed by atoms with van der Waals surface area (Å²) < 4.78 is 0. The van der Waals surface area contributed by atoms with E-state index in [1.54, 1.807) is 6.21 Å². The molecule has 0 saturated heterocycles. The fraction of sp³-hybridized carbons (Fsp3) is 0.136. The highest BCUT2D eigenvalue weighted by atomic mass is 16.2. The summed E-state index contributed by atoms with van der Waals surface area (Å²) in [5.74, 6) is -0.502. The molecule has 5 nitrogen and oxygen atoms in total. The van der Waals surface area contributed by atoms with Crippen molar-refractivity contribution >= 4 is 34.5 Å². The van der Waals surface area contributed by atoms with Gasteiger partial charge in [-0.05, 0) is 29.8 Å². The number of carbonyl (C=O) groups excluding carboxylic acids is 2. The van der Waals surface area contributed by atoms with E-state index in [0.717, 1.165) is 27.6 Å². The molecule has 0 atom stereocenters. The van der Waals surface area contributed by atoms with Gasteiger partial charge in [-0.3, -0.25) is 9.59 Å². The van der Waals surface area contributed by atoms with Crippen LogP contribution >= 0.6 is 0 Å². The van der Waals surface area contributed by atoms with Crippen molar-refractivity contribution in [2.75, 3.05) is 5.32 Å². The standard InChI is InChI=1S/C22H21N3O2/c1-16-9-11-19(12-10-16)24-21(26)13-14-22(27)25-23-15-18-7-4-6-17-5-2-3-8-20(17)18/h2-12,15H,13-14H2,1H3,(H,24,26)(H,25,27)/b23-15+. The number of hydrazone groups is 1. The normalized spacial score (nSPS) is 10.9. The molecule has 5 heteroatoms. The number of anilines is 1. The quantitative estimate of drug-likeness (QED) is 0.515. The molecule has 0 unspecified atom stereocenters. The van der Waals surface area contributed by atoms with Crippen LogP contribution in [0, 0.1) is 6.92 Å². The minimum absolute atomic E-state index is 0.0740. The Hall–Kier alpha value is -3.47. The van der Waals surface area contributed by atoms with E-state index in [1.807, 2.05) is 73.7 Å². The number of aryl methyl sites for hydroxylation is 1. The number of benzene rings is 3. The van der Waals surface area contributed by atoms with Gasteiger partial charge in [0.15, 0.2) is 0 Å². The second-order valence-corrected chi connectivity index (χ2v) is 6.28. The maximum absolute atomic E-state index is 11.9. The first-order valence-electron chi connectivity index (χ1n) is 8.78. The zero-order chi connectivity index (χ0) is 19.1. The summed E-state index contributed by atoms with van der Waals surface area (Å²) >= 11 is 0. The van der Waals surface area contributed by atoms with Crippen molar-refractivity contribution in [1.82, 2.24) is 5.43 Å². The van der Waals surface area contributed by atoms with Gasteiger partial charge in [-0.25, -0.2) is 5.43 Å². The molecule has 0 aromatic heterocycles. The molecular weight excluding hydrogens is 338 g/mol. The first-order chi connectivity index (χ1) is 13.1. The van der Waals surface area contributed by atoms with Gasteiger partial charge in [-0.2, -0.15) is 5.10 Å². The molecule has 3 aromatic carbocycles. The summed E-state index contributed by atoms with van der Waals surface area (Å²) in [4.78, 5) is 23.8. The number of carbonyl (C=O) groups is 2. The zero-order valence-electron chi connectivity index (χ0n) is 15.1. The lowest BCUT2D eigenvalue weighted by atomic mass is 10.1. The van der Waals surface area contributed by atoms with Gasteiger partial charge in [0.1, 0.15) is 0 Å². The van der Waals surface area contributed by atoms with Crippen molar-refractivity contribution in [1.29, 1.82) is 0 Å². The number of hydrogen-bond acceptors (Lipinski definition) is 3. The topological polar surface area (TPSA) is 70.6 Å². The van der Waals surface area contributed by atoms with Crippen LogP contribution in [0.1, 0.15) is 24.0 Å². The highest BCUT2D eigenvalue weighted by Gasteiger charge is 2.06. The number of rotatable bonds is 6. The predicted octanol–water partition coefficient (Wildman–Crippen LogP) is 4.02. The molecule has 3 aromatic rings. The van der Waals surface area contributed by atoms with Crippen LogP contribution in [0.25, 0.3) is 10.8 Å². The Bertz CT molecular complexity index is 973. The maximum Gasteiger partial charge on any atom is 0.240 e. The van der Waals surface area contributed by atoms with Gasteiger partial charge in [0, 0.05) is 24.1 Å². The minimum atomic E-state index is -0.300. The molecule has 0 saturated carbocycles. The van der Waals surface area contributed by atoms with Crippen LogP contribution < -0.4 is 10.7 Å². The van der Waals surface area contributed by atoms with Crippen molar-refractivity contribution in [3.63, 3.8) is 0 Å². The Balaban J connectivity index is 1.48. The van der Waals surface area contributed by atoms with Gasteiger partial charge < -0.3 is 5.32 Å². The third-order valence-corrected chi connectivity index (χ3v) is 4.13. The van der Waals surface area contributed by atoms with E-state index in [-0.39, 0.29) is 24.7 Å². The van der Waals surface area contributed by atoms with Gasteiger partial charge in [0.05, 0.1) is 6.21 Å². The van der Waals surface area contributed by atoms with Crippen molar-refractivity contribution in [3.05, 3.63) is 77.9 Å². The summed E-state index contributed by atoms with van der Waals surface area (Å²) in [6, 6.07) is 21.4. The molecule has 0 fully saturated rings. The van der Waals surface area contributed by atoms with Crippen molar-refractivity contribution in [3.8, 4) is 0 Å². The number of fused-ring (bicyclic) bond motifs is 1. The number of amides is 2. The highest BCUT2D eigenvalue weighted by Crippen LogP contribution is 2.16. The zero-order valence-corrected chi connectivity index (χ0v) is 15.1. The molecule has 0 heterocycles. The SMILES string of the molecule is Cc1ccc(NC(=O)CCC(=O)N/N=C/c2cccc3ccccc23)cc1. The van der Waals surface area contributed by atoms with Gasteiger partial charge >= 0.3 is 0 Å². The van der Waals surface area contributed by atoms with Gasteiger partial charge in [0.25, 0.3) is 0 Å². The lowest BCUT2D eigenvalue weighted by Gasteiger charge is -2.05. The maximum atomic E-state index is 11.9. The van der Waals surface area contributed by atoms with Crippen LogP contribution in [0.4, 0.5) is 5.69 Å². The molecular formula is C22H21N3O2. The third kappa shape index (κ3) is 5.25. The molecule has 2 N–H and O–H groups in total. The number of nitrogens with one attached hydrogen (secondary N) is 2. The van der Waals surface area contributed by atoms with Crippen molar-refractivity contribution in [2.45, 2.75) is 19.8 Å². The summed E-state index contributed by atoms with van der Waals surface area (Å²) in [7, 11) is 0. The van der Waals surface area contributed by atoms with Crippen LogP contribution in [0.15, 0.2) is 71.8 Å². The highest BCUT2D eigenvalue weighted by molar-refractivity contribution is 6.00. The van der Waals surface area contributed by atoms with E-state index in [4.69, 9.17) is 0 Å². The fourth-order valence-corrected chi connectivity index (χ4v) is 2.68. The van der Waals surface area contributed by atoms with Crippen LogP contribution in [0.2, 0.25) is 0 Å². The van der Waals surface area contributed by atoms with Crippen molar-refractivity contribution in [2.24, 2.45) is 5.10 Å². The second-order valence-electron chi connectivity index (χ2n) is 6.28. The lowest BCUT2D eigenvalue weighted by Crippen LogP contribution is -2.20. The predicted molar refractivity (Wildman–Crippen MR) is 109 cm³/mol. The Kier molecular flexibility index (Phi) is 5.94. The lowest BCUT2D eigenvalue weighted by molar-refractivity contribution is -0.124. The van der Waals surface area contributed by atoms with Crippen LogP contribution in [0.5, 0.6) is 0 Å². The van der Waals surface area contributed by atoms with Crippen LogP contribution in [-0.4, -0.2) is 18.0 Å². The number of nitrogens with zero attached hydrogens (tertiary/aromatic N) is 1. The van der Waals surface area contributed by atoms with E-state index >= 15 is 0 Å². The first kappa shape index (κ1) is 18.3. The van der Waals surface area contributed by atoms with E-state index in [9.17, 15) is 9.59 Å². The smallest absolute Gasteiger partial charge is 0.240 e.